The highest BCUT2D eigenvalue weighted by Gasteiger charge is 2.37. The summed E-state index contributed by atoms with van der Waals surface area (Å²) in [7, 11) is 0. The van der Waals surface area contributed by atoms with Crippen LogP contribution in [0.15, 0.2) is 29.6 Å². The third kappa shape index (κ3) is 4.34. The van der Waals surface area contributed by atoms with Crippen LogP contribution in [-0.4, -0.2) is 39.5 Å². The van der Waals surface area contributed by atoms with E-state index in [0.717, 1.165) is 5.01 Å². The smallest absolute Gasteiger partial charge is 0.308 e. The first-order valence-electron chi connectivity index (χ1n) is 8.28. The van der Waals surface area contributed by atoms with Crippen molar-refractivity contribution in [3.05, 3.63) is 45.4 Å². The number of aliphatic carboxylic acids is 1. The van der Waals surface area contributed by atoms with E-state index in [1.165, 1.54) is 11.3 Å². The molecular weight excluding hydrogens is 376 g/mol. The van der Waals surface area contributed by atoms with Crippen molar-refractivity contribution >= 4 is 34.8 Å². The predicted octanol–water partition coefficient (Wildman–Crippen LogP) is 3.24. The minimum atomic E-state index is -0.844. The number of carboxylic acid groups (broad SMARTS) is 1. The minimum Gasteiger partial charge on any atom is -0.486 e. The van der Waals surface area contributed by atoms with Crippen LogP contribution in [0.2, 0.25) is 5.02 Å². The molecule has 0 radical (unpaired) electrons. The summed E-state index contributed by atoms with van der Waals surface area (Å²) in [6.07, 6.45) is 0.674. The van der Waals surface area contributed by atoms with Crippen molar-refractivity contribution in [2.45, 2.75) is 32.4 Å². The molecule has 2 aromatic rings. The highest BCUT2D eigenvalue weighted by Crippen LogP contribution is 2.25. The lowest BCUT2D eigenvalue weighted by molar-refractivity contribution is -0.143. The van der Waals surface area contributed by atoms with Crippen molar-refractivity contribution < 1.29 is 19.4 Å². The maximum atomic E-state index is 12.5. The van der Waals surface area contributed by atoms with E-state index in [4.69, 9.17) is 16.3 Å². The Morgan fingerprint density at radius 3 is 2.77 bits per heavy atom. The number of rotatable bonds is 6. The summed E-state index contributed by atoms with van der Waals surface area (Å²) in [5.41, 5.74) is 0.681. The quantitative estimate of drug-likeness (QED) is 0.813. The van der Waals surface area contributed by atoms with Gasteiger partial charge in [-0.1, -0.05) is 11.6 Å². The van der Waals surface area contributed by atoms with Crippen molar-refractivity contribution in [3.63, 3.8) is 0 Å². The molecule has 2 heterocycles. The fourth-order valence-electron chi connectivity index (χ4n) is 3.05. The first-order chi connectivity index (χ1) is 12.4. The van der Waals surface area contributed by atoms with Crippen molar-refractivity contribution in [3.8, 4) is 5.75 Å². The number of carbonyl (C=O) groups is 2. The van der Waals surface area contributed by atoms with Crippen LogP contribution in [0.4, 0.5) is 0 Å². The van der Waals surface area contributed by atoms with Gasteiger partial charge in [-0.15, -0.1) is 11.3 Å². The van der Waals surface area contributed by atoms with E-state index in [1.54, 1.807) is 36.1 Å². The summed E-state index contributed by atoms with van der Waals surface area (Å²) in [4.78, 5) is 29.7. The topological polar surface area (TPSA) is 79.7 Å². The molecular formula is C18H19ClN2O4S. The molecule has 8 heteroatoms. The normalized spacial score (nSPS) is 19.5. The van der Waals surface area contributed by atoms with Crippen LogP contribution in [0.3, 0.4) is 0 Å². The monoisotopic (exact) mass is 394 g/mol. The van der Waals surface area contributed by atoms with Gasteiger partial charge in [-0.25, -0.2) is 4.98 Å². The lowest BCUT2D eigenvalue weighted by Crippen LogP contribution is -2.38. The van der Waals surface area contributed by atoms with Crippen LogP contribution < -0.4 is 4.74 Å². The van der Waals surface area contributed by atoms with Gasteiger partial charge in [-0.05, 0) is 37.6 Å². The Balaban J connectivity index is 1.54. The standard InChI is InChI=1S/C18H19ClN2O4S/c1-11-15(18(23)24)6-7-21(11)17(22)8-13-10-26-16(20-13)9-25-14-4-2-12(19)3-5-14/h2-5,10-11,15H,6-9H2,1H3,(H,23,24). The number of carbonyl (C=O) groups excluding carboxylic acids is 1. The highest BCUT2D eigenvalue weighted by atomic mass is 35.5. The fourth-order valence-corrected chi connectivity index (χ4v) is 3.88. The summed E-state index contributed by atoms with van der Waals surface area (Å²) in [6.45, 7) is 2.59. The Hall–Kier alpha value is -2.12. The van der Waals surface area contributed by atoms with Crippen LogP contribution in [0.5, 0.6) is 5.75 Å². The summed E-state index contributed by atoms with van der Waals surface area (Å²) < 4.78 is 5.65. The summed E-state index contributed by atoms with van der Waals surface area (Å²) in [5.74, 6) is -0.717. The third-order valence-corrected chi connectivity index (χ3v) is 5.62. The summed E-state index contributed by atoms with van der Waals surface area (Å²) in [6, 6.07) is 6.79. The van der Waals surface area contributed by atoms with Gasteiger partial charge in [-0.2, -0.15) is 0 Å². The molecule has 1 N–H and O–H groups in total. The van der Waals surface area contributed by atoms with Gasteiger partial charge in [0.05, 0.1) is 18.0 Å². The van der Waals surface area contributed by atoms with E-state index in [2.05, 4.69) is 4.98 Å². The van der Waals surface area contributed by atoms with Gasteiger partial charge >= 0.3 is 5.97 Å². The van der Waals surface area contributed by atoms with Crippen molar-refractivity contribution in [2.75, 3.05) is 6.54 Å². The maximum absolute atomic E-state index is 12.5. The zero-order chi connectivity index (χ0) is 18.7. The second-order valence-electron chi connectivity index (χ2n) is 6.21. The molecule has 0 aliphatic carbocycles. The SMILES string of the molecule is CC1C(C(=O)O)CCN1C(=O)Cc1csc(COc2ccc(Cl)cc2)n1. The Labute approximate surface area is 160 Å². The van der Waals surface area contributed by atoms with Crippen LogP contribution in [-0.2, 0) is 22.6 Å². The fraction of sp³-hybridized carbons (Fsp3) is 0.389. The van der Waals surface area contributed by atoms with E-state index < -0.39 is 11.9 Å². The van der Waals surface area contributed by atoms with E-state index in [-0.39, 0.29) is 18.4 Å². The maximum Gasteiger partial charge on any atom is 0.308 e. The minimum absolute atomic E-state index is 0.0864. The second-order valence-corrected chi connectivity index (χ2v) is 7.59. The molecule has 1 amide bonds. The van der Waals surface area contributed by atoms with Gasteiger partial charge in [-0.3, -0.25) is 9.59 Å². The van der Waals surface area contributed by atoms with Crippen molar-refractivity contribution in [1.29, 1.82) is 0 Å². The molecule has 1 fully saturated rings. The molecule has 26 heavy (non-hydrogen) atoms. The number of aromatic nitrogens is 1. The lowest BCUT2D eigenvalue weighted by Gasteiger charge is -2.22. The van der Waals surface area contributed by atoms with E-state index in [9.17, 15) is 14.7 Å². The van der Waals surface area contributed by atoms with E-state index in [0.29, 0.717) is 36.0 Å². The van der Waals surface area contributed by atoms with Gasteiger partial charge in [0.15, 0.2) is 0 Å². The third-order valence-electron chi connectivity index (χ3n) is 4.50. The Kier molecular flexibility index (Phi) is 5.78. The largest absolute Gasteiger partial charge is 0.486 e. The molecule has 1 aromatic carbocycles. The van der Waals surface area contributed by atoms with Gasteiger partial charge in [0, 0.05) is 23.0 Å². The van der Waals surface area contributed by atoms with Gasteiger partial charge in [0.1, 0.15) is 17.4 Å². The second kappa shape index (κ2) is 8.05. The first kappa shape index (κ1) is 18.7. The zero-order valence-electron chi connectivity index (χ0n) is 14.2. The molecule has 1 aliphatic heterocycles. The number of hydrogen-bond donors (Lipinski definition) is 1. The van der Waals surface area contributed by atoms with Crippen LogP contribution in [0.1, 0.15) is 24.0 Å². The molecule has 3 rings (SSSR count). The number of amides is 1. The molecule has 1 saturated heterocycles. The molecule has 0 bridgehead atoms. The van der Waals surface area contributed by atoms with Crippen LogP contribution in [0, 0.1) is 5.92 Å². The van der Waals surface area contributed by atoms with Crippen molar-refractivity contribution in [1.82, 2.24) is 9.88 Å². The van der Waals surface area contributed by atoms with E-state index >= 15 is 0 Å². The molecule has 1 aromatic heterocycles. The van der Waals surface area contributed by atoms with Crippen molar-refractivity contribution in [2.24, 2.45) is 5.92 Å². The Morgan fingerprint density at radius 2 is 2.12 bits per heavy atom. The molecule has 0 spiro atoms. The van der Waals surface area contributed by atoms with Crippen LogP contribution in [0.25, 0.3) is 0 Å². The first-order valence-corrected chi connectivity index (χ1v) is 9.53. The van der Waals surface area contributed by atoms with Gasteiger partial charge in [0.2, 0.25) is 5.91 Å². The lowest BCUT2D eigenvalue weighted by atomic mass is 10.0. The molecule has 2 atom stereocenters. The predicted molar refractivity (Wildman–Crippen MR) is 98.5 cm³/mol. The molecule has 1 aliphatic rings. The number of benzene rings is 1. The molecule has 138 valence electrons. The number of carboxylic acids is 1. The average Bonchev–Trinajstić information content (AvgIpc) is 3.20. The van der Waals surface area contributed by atoms with Gasteiger partial charge < -0.3 is 14.7 Å². The number of nitrogens with zero attached hydrogens (tertiary/aromatic N) is 2. The van der Waals surface area contributed by atoms with Gasteiger partial charge in [0.25, 0.3) is 0 Å². The van der Waals surface area contributed by atoms with E-state index in [1.807, 2.05) is 5.38 Å². The number of halogens is 1. The summed E-state index contributed by atoms with van der Waals surface area (Å²) >= 11 is 7.27. The summed E-state index contributed by atoms with van der Waals surface area (Å²) in [5, 5.41) is 12.4. The number of likely N-dealkylation sites (tertiary alicyclic amines) is 1. The zero-order valence-corrected chi connectivity index (χ0v) is 15.8. The number of hydrogen-bond acceptors (Lipinski definition) is 5. The average molecular weight is 395 g/mol. The Morgan fingerprint density at radius 1 is 1.38 bits per heavy atom. The Bertz CT molecular complexity index is 793. The molecule has 2 unspecified atom stereocenters. The van der Waals surface area contributed by atoms with Crippen LogP contribution >= 0.6 is 22.9 Å². The molecule has 0 saturated carbocycles. The number of ether oxygens (including phenoxy) is 1. The molecule has 6 nitrogen and oxygen atoms in total. The number of thiazole rings is 1. The highest BCUT2D eigenvalue weighted by molar-refractivity contribution is 7.09.